The van der Waals surface area contributed by atoms with E-state index in [0.717, 1.165) is 10.9 Å². The molecule has 18 nitrogen and oxygen atoms in total. The maximum Gasteiger partial charge on any atom is 0.524 e. The van der Waals surface area contributed by atoms with Crippen LogP contribution in [0.4, 0.5) is 0 Å². The van der Waals surface area contributed by atoms with Crippen molar-refractivity contribution in [2.75, 3.05) is 6.54 Å². The monoisotopic (exact) mass is 921 g/mol. The number of phosphoric ester groups is 1. The van der Waals surface area contributed by atoms with Gasteiger partial charge >= 0.3 is 7.82 Å². The fourth-order valence-corrected chi connectivity index (χ4v) is 8.74. The molecule has 2 fully saturated rings. The van der Waals surface area contributed by atoms with Gasteiger partial charge in [-0.3, -0.25) is 38.6 Å². The van der Waals surface area contributed by atoms with E-state index in [1.807, 2.05) is 18.2 Å². The van der Waals surface area contributed by atoms with Crippen molar-refractivity contribution >= 4 is 54.2 Å². The maximum atomic E-state index is 14.7. The van der Waals surface area contributed by atoms with Gasteiger partial charge in [-0.1, -0.05) is 91.0 Å². The van der Waals surface area contributed by atoms with Gasteiger partial charge in [0.25, 0.3) is 0 Å². The Morgan fingerprint density at radius 2 is 1.12 bits per heavy atom. The molecule has 4 aromatic carbocycles. The summed E-state index contributed by atoms with van der Waals surface area (Å²) >= 11 is 0. The van der Waals surface area contributed by atoms with Gasteiger partial charge in [-0.05, 0) is 60.2 Å². The molecule has 5 aromatic rings. The molecule has 2 aliphatic heterocycles. The number of aromatic amines is 1. The number of H-pyrrole nitrogens is 1. The van der Waals surface area contributed by atoms with Gasteiger partial charge in [-0.2, -0.15) is 0 Å². The lowest BCUT2D eigenvalue weighted by Gasteiger charge is -2.32. The van der Waals surface area contributed by atoms with Crippen molar-refractivity contribution in [3.8, 4) is 5.75 Å². The minimum absolute atomic E-state index is 0.0270. The molecule has 7 atom stereocenters. The summed E-state index contributed by atoms with van der Waals surface area (Å²) in [7, 11) is -4.89. The molecule has 1 aromatic heterocycles. The van der Waals surface area contributed by atoms with Crippen LogP contribution in [0, 0.1) is 0 Å². The van der Waals surface area contributed by atoms with Crippen LogP contribution in [0.15, 0.2) is 115 Å². The van der Waals surface area contributed by atoms with E-state index in [4.69, 9.17) is 0 Å². The fraction of sp³-hybridized carbons (Fsp3) is 0.319. The molecular weight excluding hydrogens is 870 g/mol. The van der Waals surface area contributed by atoms with E-state index in [-0.39, 0.29) is 44.4 Å². The molecular formula is C47H52N7O11P. The number of carbonyl (C=O) groups is 6. The summed E-state index contributed by atoms with van der Waals surface area (Å²) in [6.45, 7) is 1.45. The third kappa shape index (κ3) is 12.1. The molecule has 0 saturated carbocycles. The number of carbonyl (C=O) groups excluding carboxylic acids is 6. The highest BCUT2D eigenvalue weighted by Gasteiger charge is 2.41. The fourth-order valence-electron chi connectivity index (χ4n) is 8.34. The number of aromatic nitrogens is 1. The summed E-state index contributed by atoms with van der Waals surface area (Å²) in [6.07, 6.45) is 0.520. The molecule has 6 amide bonds. The number of nitrogens with zero attached hydrogens (tertiary/aromatic N) is 1. The molecule has 0 spiro atoms. The van der Waals surface area contributed by atoms with Crippen molar-refractivity contribution in [3.63, 3.8) is 0 Å². The zero-order valence-electron chi connectivity index (χ0n) is 36.0. The first-order valence-corrected chi connectivity index (χ1v) is 23.1. The van der Waals surface area contributed by atoms with Gasteiger partial charge in [0, 0.05) is 49.3 Å². The number of amides is 6. The number of phosphoric acid groups is 1. The van der Waals surface area contributed by atoms with Crippen LogP contribution in [0.25, 0.3) is 10.9 Å². The van der Waals surface area contributed by atoms with Crippen LogP contribution in [-0.4, -0.2) is 109 Å². The average Bonchev–Trinajstić information content (AvgIpc) is 3.95. The quantitative estimate of drug-likeness (QED) is 0.0862. The predicted molar refractivity (Wildman–Crippen MR) is 241 cm³/mol. The Bertz CT molecular complexity index is 2590. The average molecular weight is 922 g/mol. The molecule has 2 aliphatic rings. The van der Waals surface area contributed by atoms with Crippen LogP contribution in [0.2, 0.25) is 0 Å². The number of nitrogens with one attached hydrogen (secondary N) is 6. The summed E-state index contributed by atoms with van der Waals surface area (Å²) in [5, 5.41) is 25.5. The van der Waals surface area contributed by atoms with Crippen LogP contribution in [0.3, 0.4) is 0 Å². The summed E-state index contributed by atoms with van der Waals surface area (Å²) in [4.78, 5) is 110. The Hall–Kier alpha value is -6.85. The largest absolute Gasteiger partial charge is 0.524 e. The van der Waals surface area contributed by atoms with E-state index in [2.05, 4.69) is 36.1 Å². The Morgan fingerprint density at radius 1 is 0.621 bits per heavy atom. The summed E-state index contributed by atoms with van der Waals surface area (Å²) < 4.78 is 16.2. The van der Waals surface area contributed by atoms with Crippen molar-refractivity contribution in [2.24, 2.45) is 0 Å². The van der Waals surface area contributed by atoms with Gasteiger partial charge in [0.05, 0.1) is 6.10 Å². The van der Waals surface area contributed by atoms with Gasteiger partial charge in [0.15, 0.2) is 0 Å². The second-order valence-electron chi connectivity index (χ2n) is 16.5. The number of benzene rings is 4. The Labute approximate surface area is 380 Å². The van der Waals surface area contributed by atoms with E-state index in [1.54, 1.807) is 72.9 Å². The summed E-state index contributed by atoms with van der Waals surface area (Å²) in [5.41, 5.74) is 3.17. The van der Waals surface area contributed by atoms with Crippen LogP contribution in [0.1, 0.15) is 42.0 Å². The normalized spacial score (nSPS) is 23.1. The lowest BCUT2D eigenvalue weighted by molar-refractivity contribution is -0.143. The highest BCUT2D eigenvalue weighted by Crippen LogP contribution is 2.37. The van der Waals surface area contributed by atoms with E-state index < -0.39 is 85.6 Å². The van der Waals surface area contributed by atoms with Crippen molar-refractivity contribution in [1.82, 2.24) is 36.5 Å². The molecule has 0 radical (unpaired) electrons. The highest BCUT2D eigenvalue weighted by molar-refractivity contribution is 7.46. The highest BCUT2D eigenvalue weighted by atomic mass is 31.2. The second-order valence-corrected chi connectivity index (χ2v) is 17.7. The number of aliphatic hydroxyl groups excluding tert-OH is 1. The van der Waals surface area contributed by atoms with Gasteiger partial charge in [0.2, 0.25) is 35.4 Å². The topological polar surface area (TPSA) is 269 Å². The van der Waals surface area contributed by atoms with Crippen LogP contribution >= 0.6 is 7.82 Å². The number of hydrogen-bond donors (Lipinski definition) is 9. The van der Waals surface area contributed by atoms with Crippen LogP contribution < -0.4 is 31.1 Å². The smallest absolute Gasteiger partial charge is 0.404 e. The summed E-state index contributed by atoms with van der Waals surface area (Å²) in [6, 6.07) is 22.5. The molecule has 19 heteroatoms. The van der Waals surface area contributed by atoms with Crippen molar-refractivity contribution in [3.05, 3.63) is 138 Å². The number of fused-ring (bicyclic) bond motifs is 2. The van der Waals surface area contributed by atoms with Gasteiger partial charge in [-0.25, -0.2) is 4.57 Å². The summed E-state index contributed by atoms with van der Waals surface area (Å²) in [5.74, 6) is -4.69. The molecule has 0 aliphatic carbocycles. The van der Waals surface area contributed by atoms with Gasteiger partial charge in [-0.15, -0.1) is 0 Å². The number of para-hydroxylation sites is 1. The number of hydrogen-bond acceptors (Lipinski definition) is 9. The van der Waals surface area contributed by atoms with E-state index in [9.17, 15) is 48.2 Å². The molecule has 0 unspecified atom stereocenters. The Kier molecular flexibility index (Phi) is 15.0. The van der Waals surface area contributed by atoms with E-state index in [0.29, 0.717) is 28.7 Å². The lowest BCUT2D eigenvalue weighted by atomic mass is 10.00. The Morgan fingerprint density at radius 3 is 1.73 bits per heavy atom. The second kappa shape index (κ2) is 21.0. The van der Waals surface area contributed by atoms with Gasteiger partial charge in [0.1, 0.15) is 42.0 Å². The number of aliphatic hydroxyl groups is 1. The number of rotatable bonds is 11. The third-order valence-corrected chi connectivity index (χ3v) is 12.1. The van der Waals surface area contributed by atoms with E-state index in [1.165, 1.54) is 36.1 Å². The molecule has 0 bridgehead atoms. The first-order chi connectivity index (χ1) is 31.6. The third-order valence-electron chi connectivity index (χ3n) is 11.7. The standard InChI is InChI=1S/C47H52N7O11P/c1-28(55)41-46(60)51-37(23-29-11-4-2-5-12-29)43(57)52-39(25-30-13-6-3-7-14-30)47(61)54-22-10-17-40(54)45(59)50-36(24-31-18-20-33(21-19-31)65-66(62,63)64)42(56)49-38(44(58)53-41)26-32-27-48-35-16-9-8-15-34(32)35/h2-9,11-16,18-21,27-28,36-41,48,55H,10,17,22-26H2,1H3,(H,49,56)(H,50,59)(H,51,60)(H,52,57)(H,53,58)(H2,62,63,64)/t28-,36+,37+,38+,39+,40-,41+/m1/s1. The molecule has 7 rings (SSSR count). The first-order valence-electron chi connectivity index (χ1n) is 21.6. The molecule has 2 saturated heterocycles. The maximum absolute atomic E-state index is 14.7. The minimum atomic E-state index is -4.89. The zero-order valence-corrected chi connectivity index (χ0v) is 36.9. The molecule has 3 heterocycles. The zero-order chi connectivity index (χ0) is 47.0. The predicted octanol–water partition coefficient (Wildman–Crippen LogP) is 1.72. The molecule has 9 N–H and O–H groups in total. The van der Waals surface area contributed by atoms with E-state index >= 15 is 0 Å². The van der Waals surface area contributed by atoms with Crippen molar-refractivity contribution in [2.45, 2.75) is 87.8 Å². The molecule has 66 heavy (non-hydrogen) atoms. The minimum Gasteiger partial charge on any atom is -0.404 e. The first kappa shape index (κ1) is 47.1. The Balaban J connectivity index is 1.28. The lowest BCUT2D eigenvalue weighted by Crippen LogP contribution is -2.63. The molecule has 346 valence electrons. The van der Waals surface area contributed by atoms with Crippen LogP contribution in [-0.2, 0) is 59.0 Å². The SMILES string of the molecule is C[C@@H](O)[C@@H]1NC(=O)[C@H](Cc2c[nH]c3ccccc23)NC(=O)[C@H](Cc2ccc(OP(=O)(O)O)cc2)NC(=O)[C@H]2CCCN2C(=O)[C@H](Cc2ccccc2)NC(=O)[C@H](Cc2ccccc2)NC1=O. The van der Waals surface area contributed by atoms with Gasteiger partial charge < -0.3 is 46.1 Å². The van der Waals surface area contributed by atoms with Crippen molar-refractivity contribution in [1.29, 1.82) is 0 Å². The van der Waals surface area contributed by atoms with Crippen molar-refractivity contribution < 1.29 is 52.7 Å². The van der Waals surface area contributed by atoms with Crippen LogP contribution in [0.5, 0.6) is 5.75 Å².